The Labute approximate surface area is 114 Å². The Morgan fingerprint density at radius 1 is 1.53 bits per heavy atom. The number of nitrogens with zero attached hydrogens (tertiary/aromatic N) is 1. The van der Waals surface area contributed by atoms with E-state index in [1.165, 1.54) is 0 Å². The van der Waals surface area contributed by atoms with Gasteiger partial charge in [-0.05, 0) is 25.6 Å². The Morgan fingerprint density at radius 2 is 2.21 bits per heavy atom. The molecule has 1 rings (SSSR count). The molecule has 0 heterocycles. The molecular formula is C14H22N2O3. The normalized spacial score (nSPS) is 13.7. The first-order chi connectivity index (χ1) is 8.92. The number of aliphatic carboxylic acids is 1. The van der Waals surface area contributed by atoms with E-state index in [0.29, 0.717) is 13.1 Å². The fraction of sp³-hybridized carbons (Fsp3) is 0.500. The predicted octanol–water partition coefficient (Wildman–Crippen LogP) is 1.58. The highest BCUT2D eigenvalue weighted by atomic mass is 16.5. The molecule has 0 radical (unpaired) electrons. The van der Waals surface area contributed by atoms with E-state index in [4.69, 9.17) is 4.74 Å². The standard InChI is InChI=1S/C14H22N2O3/c1-5-15-14(2,13(17)18)10-16(3)11-7-6-8-12(9-11)19-4/h6-9,15H,5,10H2,1-4H3,(H,17,18). The van der Waals surface area contributed by atoms with Crippen molar-refractivity contribution in [1.29, 1.82) is 0 Å². The highest BCUT2D eigenvalue weighted by molar-refractivity contribution is 5.79. The van der Waals surface area contributed by atoms with Crippen LogP contribution in [0.3, 0.4) is 0 Å². The molecule has 0 saturated heterocycles. The van der Waals surface area contributed by atoms with Crippen molar-refractivity contribution in [3.8, 4) is 5.75 Å². The molecule has 1 atom stereocenters. The summed E-state index contributed by atoms with van der Waals surface area (Å²) in [6.07, 6.45) is 0. The molecule has 0 aliphatic rings. The van der Waals surface area contributed by atoms with Crippen molar-refractivity contribution < 1.29 is 14.6 Å². The van der Waals surface area contributed by atoms with Crippen molar-refractivity contribution in [2.75, 3.05) is 32.1 Å². The first-order valence-corrected chi connectivity index (χ1v) is 6.26. The minimum absolute atomic E-state index is 0.364. The van der Waals surface area contributed by atoms with Gasteiger partial charge in [-0.25, -0.2) is 0 Å². The maximum Gasteiger partial charge on any atom is 0.325 e. The number of hydrogen-bond acceptors (Lipinski definition) is 4. The first-order valence-electron chi connectivity index (χ1n) is 6.26. The third kappa shape index (κ3) is 3.86. The van der Waals surface area contributed by atoms with Gasteiger partial charge in [0.15, 0.2) is 0 Å². The molecule has 19 heavy (non-hydrogen) atoms. The zero-order valence-electron chi connectivity index (χ0n) is 11.9. The van der Waals surface area contributed by atoms with Crippen LogP contribution in [0.4, 0.5) is 5.69 Å². The summed E-state index contributed by atoms with van der Waals surface area (Å²) in [7, 11) is 3.48. The molecular weight excluding hydrogens is 244 g/mol. The number of nitrogens with one attached hydrogen (secondary N) is 1. The number of anilines is 1. The highest BCUT2D eigenvalue weighted by Gasteiger charge is 2.33. The van der Waals surface area contributed by atoms with Crippen molar-refractivity contribution in [3.05, 3.63) is 24.3 Å². The number of ether oxygens (including phenoxy) is 1. The monoisotopic (exact) mass is 266 g/mol. The third-order valence-electron chi connectivity index (χ3n) is 3.09. The summed E-state index contributed by atoms with van der Waals surface area (Å²) < 4.78 is 5.17. The molecule has 0 fully saturated rings. The van der Waals surface area contributed by atoms with Crippen LogP contribution in [0.25, 0.3) is 0 Å². The summed E-state index contributed by atoms with van der Waals surface area (Å²) in [5.41, 5.74) is -0.0585. The van der Waals surface area contributed by atoms with Gasteiger partial charge in [-0.1, -0.05) is 13.0 Å². The van der Waals surface area contributed by atoms with Crippen LogP contribution in [0.2, 0.25) is 0 Å². The summed E-state index contributed by atoms with van der Waals surface area (Å²) in [6.45, 7) is 4.56. The lowest BCUT2D eigenvalue weighted by atomic mass is 10.0. The van der Waals surface area contributed by atoms with E-state index in [-0.39, 0.29) is 0 Å². The molecule has 1 aromatic rings. The molecule has 0 aliphatic heterocycles. The van der Waals surface area contributed by atoms with Crippen LogP contribution in [0.15, 0.2) is 24.3 Å². The highest BCUT2D eigenvalue weighted by Crippen LogP contribution is 2.21. The van der Waals surface area contributed by atoms with Gasteiger partial charge in [0.25, 0.3) is 0 Å². The summed E-state index contributed by atoms with van der Waals surface area (Å²) in [5.74, 6) is -0.103. The van der Waals surface area contributed by atoms with Crippen LogP contribution in [0, 0.1) is 0 Å². The lowest BCUT2D eigenvalue weighted by molar-refractivity contribution is -0.143. The second-order valence-electron chi connectivity index (χ2n) is 4.73. The summed E-state index contributed by atoms with van der Waals surface area (Å²) >= 11 is 0. The molecule has 0 spiro atoms. The van der Waals surface area contributed by atoms with E-state index in [1.54, 1.807) is 14.0 Å². The van der Waals surface area contributed by atoms with Gasteiger partial charge < -0.3 is 20.1 Å². The number of carboxylic acids is 1. The zero-order valence-corrected chi connectivity index (χ0v) is 11.9. The van der Waals surface area contributed by atoms with Gasteiger partial charge in [0.05, 0.1) is 7.11 Å². The van der Waals surface area contributed by atoms with Crippen LogP contribution < -0.4 is 15.0 Å². The quantitative estimate of drug-likeness (QED) is 0.784. The van der Waals surface area contributed by atoms with Crippen LogP contribution in [-0.4, -0.2) is 43.9 Å². The Kier molecular flexibility index (Phi) is 5.18. The Hall–Kier alpha value is -1.75. The molecule has 106 valence electrons. The summed E-state index contributed by atoms with van der Waals surface area (Å²) in [4.78, 5) is 13.3. The molecule has 0 bridgehead atoms. The molecule has 0 aliphatic carbocycles. The van der Waals surface area contributed by atoms with Crippen LogP contribution in [0.1, 0.15) is 13.8 Å². The maximum atomic E-state index is 11.4. The second-order valence-corrected chi connectivity index (χ2v) is 4.73. The number of benzene rings is 1. The largest absolute Gasteiger partial charge is 0.497 e. The van der Waals surface area contributed by atoms with E-state index in [2.05, 4.69) is 5.32 Å². The van der Waals surface area contributed by atoms with E-state index in [0.717, 1.165) is 11.4 Å². The topological polar surface area (TPSA) is 61.8 Å². The van der Waals surface area contributed by atoms with Crippen molar-refractivity contribution in [1.82, 2.24) is 5.32 Å². The minimum Gasteiger partial charge on any atom is -0.497 e. The molecule has 2 N–H and O–H groups in total. The van der Waals surface area contributed by atoms with Crippen LogP contribution >= 0.6 is 0 Å². The maximum absolute atomic E-state index is 11.4. The second kappa shape index (κ2) is 6.43. The van der Waals surface area contributed by atoms with Gasteiger partial charge in [-0.3, -0.25) is 4.79 Å². The minimum atomic E-state index is -0.980. The zero-order chi connectivity index (χ0) is 14.5. The van der Waals surface area contributed by atoms with Crippen molar-refractivity contribution in [3.63, 3.8) is 0 Å². The molecule has 5 heteroatoms. The lowest BCUT2D eigenvalue weighted by Gasteiger charge is -2.32. The molecule has 0 saturated carbocycles. The Balaban J connectivity index is 2.87. The van der Waals surface area contributed by atoms with Crippen molar-refractivity contribution >= 4 is 11.7 Å². The van der Waals surface area contributed by atoms with Gasteiger partial charge in [0.1, 0.15) is 11.3 Å². The van der Waals surface area contributed by atoms with Crippen LogP contribution in [-0.2, 0) is 4.79 Å². The number of carbonyl (C=O) groups is 1. The molecule has 0 aromatic heterocycles. The van der Waals surface area contributed by atoms with Crippen molar-refractivity contribution in [2.24, 2.45) is 0 Å². The molecule has 0 amide bonds. The summed E-state index contributed by atoms with van der Waals surface area (Å²) in [6, 6.07) is 7.55. The van der Waals surface area contributed by atoms with Gasteiger partial charge in [0, 0.05) is 25.3 Å². The van der Waals surface area contributed by atoms with E-state index < -0.39 is 11.5 Å². The Bertz CT molecular complexity index is 436. The number of methoxy groups -OCH3 is 1. The van der Waals surface area contributed by atoms with Gasteiger partial charge in [0.2, 0.25) is 0 Å². The number of rotatable bonds is 7. The number of hydrogen-bond donors (Lipinski definition) is 2. The fourth-order valence-electron chi connectivity index (χ4n) is 2.00. The third-order valence-corrected chi connectivity index (χ3v) is 3.09. The lowest BCUT2D eigenvalue weighted by Crippen LogP contribution is -2.56. The van der Waals surface area contributed by atoms with Crippen LogP contribution in [0.5, 0.6) is 5.75 Å². The molecule has 5 nitrogen and oxygen atoms in total. The average molecular weight is 266 g/mol. The average Bonchev–Trinajstić information content (AvgIpc) is 2.38. The Morgan fingerprint density at radius 3 is 2.74 bits per heavy atom. The van der Waals surface area contributed by atoms with E-state index >= 15 is 0 Å². The predicted molar refractivity (Wildman–Crippen MR) is 76.0 cm³/mol. The van der Waals surface area contributed by atoms with Gasteiger partial charge in [-0.15, -0.1) is 0 Å². The summed E-state index contributed by atoms with van der Waals surface area (Å²) in [5, 5.41) is 12.4. The van der Waals surface area contributed by atoms with Gasteiger partial charge in [-0.2, -0.15) is 0 Å². The van der Waals surface area contributed by atoms with E-state index in [9.17, 15) is 9.90 Å². The SMILES string of the molecule is CCNC(C)(CN(C)c1cccc(OC)c1)C(=O)O. The number of carboxylic acid groups (broad SMARTS) is 1. The fourth-order valence-corrected chi connectivity index (χ4v) is 2.00. The van der Waals surface area contributed by atoms with E-state index in [1.807, 2.05) is 43.1 Å². The number of likely N-dealkylation sites (N-methyl/N-ethyl adjacent to an activating group) is 2. The molecule has 1 aromatic carbocycles. The smallest absolute Gasteiger partial charge is 0.325 e. The first kappa shape index (κ1) is 15.3. The van der Waals surface area contributed by atoms with Crippen molar-refractivity contribution in [2.45, 2.75) is 19.4 Å². The van der Waals surface area contributed by atoms with Gasteiger partial charge >= 0.3 is 5.97 Å². The molecule has 1 unspecified atom stereocenters.